The second-order valence-corrected chi connectivity index (χ2v) is 7.42. The summed E-state index contributed by atoms with van der Waals surface area (Å²) in [6, 6.07) is 8.84. The predicted octanol–water partition coefficient (Wildman–Crippen LogP) is 4.43. The van der Waals surface area contributed by atoms with Gasteiger partial charge in [-0.3, -0.25) is 0 Å². The summed E-state index contributed by atoms with van der Waals surface area (Å²) in [5, 5.41) is 3.60. The van der Waals surface area contributed by atoms with E-state index in [0.717, 1.165) is 24.9 Å². The molecule has 0 radical (unpaired) electrons. The first-order valence-corrected chi connectivity index (χ1v) is 7.68. The third kappa shape index (κ3) is 2.97. The molecule has 2 heteroatoms. The van der Waals surface area contributed by atoms with Crippen molar-refractivity contribution in [3.63, 3.8) is 0 Å². The van der Waals surface area contributed by atoms with E-state index in [1.165, 1.54) is 10.0 Å². The summed E-state index contributed by atoms with van der Waals surface area (Å²) in [5.74, 6) is 2.22. The zero-order valence-corrected chi connectivity index (χ0v) is 13.4. The summed E-state index contributed by atoms with van der Waals surface area (Å²) in [4.78, 5) is 0. The van der Waals surface area contributed by atoms with Gasteiger partial charge in [-0.05, 0) is 54.0 Å². The molecule has 0 bridgehead atoms. The van der Waals surface area contributed by atoms with Gasteiger partial charge in [-0.2, -0.15) is 0 Å². The topological polar surface area (TPSA) is 12.0 Å². The highest BCUT2D eigenvalue weighted by atomic mass is 79.9. The summed E-state index contributed by atoms with van der Waals surface area (Å²) in [6.45, 7) is 11.6. The van der Waals surface area contributed by atoms with Gasteiger partial charge in [0.2, 0.25) is 0 Å². The van der Waals surface area contributed by atoms with Crippen molar-refractivity contribution in [2.45, 2.75) is 33.6 Å². The van der Waals surface area contributed by atoms with Crippen LogP contribution in [-0.2, 0) is 0 Å². The minimum absolute atomic E-state index is 0.442. The molecule has 18 heavy (non-hydrogen) atoms. The van der Waals surface area contributed by atoms with Crippen LogP contribution in [0.2, 0.25) is 0 Å². The fourth-order valence-electron chi connectivity index (χ4n) is 2.98. The van der Waals surface area contributed by atoms with Gasteiger partial charge in [0.15, 0.2) is 0 Å². The lowest BCUT2D eigenvalue weighted by atomic mass is 10.0. The molecule has 2 unspecified atom stereocenters. The lowest BCUT2D eigenvalue weighted by Crippen LogP contribution is -2.23. The summed E-state index contributed by atoms with van der Waals surface area (Å²) < 4.78 is 1.17. The first kappa shape index (κ1) is 14.1. The second kappa shape index (κ2) is 5.34. The highest BCUT2D eigenvalue weighted by molar-refractivity contribution is 9.10. The number of benzene rings is 1. The maximum atomic E-state index is 3.60. The smallest absolute Gasteiger partial charge is 0.0175 e. The van der Waals surface area contributed by atoms with Crippen molar-refractivity contribution >= 4 is 15.9 Å². The Morgan fingerprint density at radius 3 is 2.39 bits per heavy atom. The molecule has 1 nitrogen and oxygen atoms in total. The molecule has 2 rings (SSSR count). The second-order valence-electron chi connectivity index (χ2n) is 6.51. The van der Waals surface area contributed by atoms with E-state index in [1.54, 1.807) is 0 Å². The lowest BCUT2D eigenvalue weighted by Gasteiger charge is -2.07. The molecule has 1 N–H and O–H groups in total. The highest BCUT2D eigenvalue weighted by Gasteiger charge is 2.57. The van der Waals surface area contributed by atoms with Crippen LogP contribution < -0.4 is 5.32 Å². The van der Waals surface area contributed by atoms with E-state index in [4.69, 9.17) is 0 Å². The van der Waals surface area contributed by atoms with Crippen LogP contribution in [0, 0.1) is 17.3 Å². The van der Waals surface area contributed by atoms with Crippen molar-refractivity contribution < 1.29 is 0 Å². The fourth-order valence-corrected chi connectivity index (χ4v) is 3.25. The van der Waals surface area contributed by atoms with E-state index in [9.17, 15) is 0 Å². The van der Waals surface area contributed by atoms with E-state index < -0.39 is 0 Å². The van der Waals surface area contributed by atoms with Crippen LogP contribution in [0.15, 0.2) is 28.7 Å². The molecule has 0 saturated heterocycles. The monoisotopic (exact) mass is 309 g/mol. The van der Waals surface area contributed by atoms with Crippen molar-refractivity contribution in [3.05, 3.63) is 34.3 Å². The van der Waals surface area contributed by atoms with Crippen LogP contribution in [0.3, 0.4) is 0 Å². The summed E-state index contributed by atoms with van der Waals surface area (Å²) in [5.41, 5.74) is 1.93. The molecule has 0 spiro atoms. The molecule has 0 amide bonds. The maximum absolute atomic E-state index is 3.60. The zero-order chi connectivity index (χ0) is 13.3. The highest BCUT2D eigenvalue weighted by Crippen LogP contribution is 2.64. The number of halogens is 1. The molecule has 2 atom stereocenters. The normalized spacial score (nSPS) is 25.4. The molecule has 1 saturated carbocycles. The first-order chi connectivity index (χ1) is 8.43. The minimum atomic E-state index is 0.442. The Kier molecular flexibility index (Phi) is 4.18. The predicted molar refractivity (Wildman–Crippen MR) is 81.9 cm³/mol. The summed E-state index contributed by atoms with van der Waals surface area (Å²) in [7, 11) is 0. The van der Waals surface area contributed by atoms with Crippen LogP contribution in [0.4, 0.5) is 0 Å². The van der Waals surface area contributed by atoms with E-state index >= 15 is 0 Å². The van der Waals surface area contributed by atoms with E-state index in [0.29, 0.717) is 11.3 Å². The number of nitrogens with one attached hydrogen (secondary N) is 1. The third-order valence-corrected chi connectivity index (χ3v) is 4.73. The van der Waals surface area contributed by atoms with Gasteiger partial charge < -0.3 is 5.32 Å². The van der Waals surface area contributed by atoms with Gasteiger partial charge in [0.1, 0.15) is 0 Å². The third-order valence-electron chi connectivity index (χ3n) is 4.20. The molecule has 1 fully saturated rings. The largest absolute Gasteiger partial charge is 0.316 e. The number of hydrogen-bond donors (Lipinski definition) is 1. The molecular formula is C16H24BrN. The molecular weight excluding hydrogens is 286 g/mol. The van der Waals surface area contributed by atoms with Gasteiger partial charge in [0.05, 0.1) is 0 Å². The van der Waals surface area contributed by atoms with Crippen molar-refractivity contribution in [1.82, 2.24) is 5.32 Å². The zero-order valence-electron chi connectivity index (χ0n) is 11.8. The molecule has 0 heterocycles. The Bertz CT molecular complexity index is 394. The van der Waals surface area contributed by atoms with Crippen molar-refractivity contribution in [1.29, 1.82) is 0 Å². The summed E-state index contributed by atoms with van der Waals surface area (Å²) in [6.07, 6.45) is 0. The maximum Gasteiger partial charge on any atom is 0.0175 e. The Morgan fingerprint density at radius 1 is 1.22 bits per heavy atom. The SMILES string of the molecule is CC(C)CNCC1C(c2ccc(Br)cc2)C1(C)C. The average molecular weight is 310 g/mol. The first-order valence-electron chi connectivity index (χ1n) is 6.89. The number of rotatable bonds is 5. The van der Waals surface area contributed by atoms with Gasteiger partial charge in [-0.15, -0.1) is 0 Å². The standard InChI is InChI=1S/C16H24BrN/c1-11(2)9-18-10-14-15(16(14,3)4)12-5-7-13(17)8-6-12/h5-8,11,14-15,18H,9-10H2,1-4H3. The quantitative estimate of drug-likeness (QED) is 0.848. The van der Waals surface area contributed by atoms with Crippen LogP contribution in [0.1, 0.15) is 39.2 Å². The van der Waals surface area contributed by atoms with E-state index in [1.807, 2.05) is 0 Å². The van der Waals surface area contributed by atoms with Crippen molar-refractivity contribution in [2.24, 2.45) is 17.3 Å². The van der Waals surface area contributed by atoms with Gasteiger partial charge in [-0.25, -0.2) is 0 Å². The van der Waals surface area contributed by atoms with Gasteiger partial charge in [-0.1, -0.05) is 55.8 Å². The average Bonchev–Trinajstić information content (AvgIpc) is 2.82. The molecule has 100 valence electrons. The van der Waals surface area contributed by atoms with Crippen LogP contribution >= 0.6 is 15.9 Å². The molecule has 1 aliphatic rings. The van der Waals surface area contributed by atoms with Crippen molar-refractivity contribution in [3.8, 4) is 0 Å². The lowest BCUT2D eigenvalue weighted by molar-refractivity contribution is 0.487. The molecule has 1 aromatic carbocycles. The Balaban J connectivity index is 1.95. The van der Waals surface area contributed by atoms with Crippen LogP contribution in [-0.4, -0.2) is 13.1 Å². The van der Waals surface area contributed by atoms with E-state index in [-0.39, 0.29) is 0 Å². The van der Waals surface area contributed by atoms with Gasteiger partial charge in [0, 0.05) is 4.47 Å². The molecule has 1 aromatic rings. The molecule has 1 aliphatic carbocycles. The van der Waals surface area contributed by atoms with E-state index in [2.05, 4.69) is 73.2 Å². The Morgan fingerprint density at radius 2 is 1.83 bits per heavy atom. The Hall–Kier alpha value is -0.340. The van der Waals surface area contributed by atoms with Gasteiger partial charge in [0.25, 0.3) is 0 Å². The van der Waals surface area contributed by atoms with Crippen LogP contribution in [0.5, 0.6) is 0 Å². The minimum Gasteiger partial charge on any atom is -0.316 e. The number of hydrogen-bond acceptors (Lipinski definition) is 1. The van der Waals surface area contributed by atoms with Crippen molar-refractivity contribution in [2.75, 3.05) is 13.1 Å². The molecule has 0 aliphatic heterocycles. The Labute approximate surface area is 119 Å². The van der Waals surface area contributed by atoms with Crippen LogP contribution in [0.25, 0.3) is 0 Å². The fraction of sp³-hybridized carbons (Fsp3) is 0.625. The van der Waals surface area contributed by atoms with Gasteiger partial charge >= 0.3 is 0 Å². The summed E-state index contributed by atoms with van der Waals surface area (Å²) >= 11 is 3.50. The molecule has 0 aromatic heterocycles.